The lowest BCUT2D eigenvalue weighted by molar-refractivity contribution is 0.159. The van der Waals surface area contributed by atoms with Crippen LogP contribution < -0.4 is 4.72 Å². The van der Waals surface area contributed by atoms with Crippen molar-refractivity contribution in [1.82, 2.24) is 9.62 Å². The monoisotopic (exact) mass is 298 g/mol. The van der Waals surface area contributed by atoms with Crippen LogP contribution in [-0.4, -0.2) is 51.4 Å². The van der Waals surface area contributed by atoms with E-state index in [1.165, 1.54) is 4.90 Å². The number of hydrogen-bond donors (Lipinski definition) is 1. The minimum atomic E-state index is -3.32. The van der Waals surface area contributed by atoms with Crippen LogP contribution in [0.5, 0.6) is 0 Å². The Balaban J connectivity index is 1.72. The predicted octanol–water partition coefficient (Wildman–Crippen LogP) is 0.601. The Morgan fingerprint density at radius 3 is 2.65 bits per heavy atom. The van der Waals surface area contributed by atoms with Crippen molar-refractivity contribution in [3.8, 4) is 0 Å². The van der Waals surface area contributed by atoms with Crippen molar-refractivity contribution >= 4 is 16.1 Å². The topological polar surface area (TPSA) is 75.7 Å². The molecule has 0 bridgehead atoms. The summed E-state index contributed by atoms with van der Waals surface area (Å²) in [5.41, 5.74) is 0.987. The molecule has 0 aromatic heterocycles. The van der Waals surface area contributed by atoms with E-state index in [1.807, 2.05) is 30.3 Å². The van der Waals surface area contributed by atoms with E-state index in [4.69, 9.17) is 4.74 Å². The Morgan fingerprint density at radius 2 is 2.00 bits per heavy atom. The van der Waals surface area contributed by atoms with Gasteiger partial charge in [-0.2, -0.15) is 0 Å². The van der Waals surface area contributed by atoms with Gasteiger partial charge in [0.25, 0.3) is 0 Å². The first-order valence-corrected chi connectivity index (χ1v) is 8.15. The molecule has 0 aliphatic carbocycles. The van der Waals surface area contributed by atoms with Gasteiger partial charge in [0.2, 0.25) is 10.0 Å². The lowest BCUT2D eigenvalue weighted by atomic mass is 10.2. The molecule has 20 heavy (non-hydrogen) atoms. The van der Waals surface area contributed by atoms with Crippen LogP contribution in [0.3, 0.4) is 0 Å². The second-order valence-corrected chi connectivity index (χ2v) is 6.48. The van der Waals surface area contributed by atoms with Gasteiger partial charge in [-0.05, 0) is 12.0 Å². The van der Waals surface area contributed by atoms with E-state index < -0.39 is 10.0 Å². The summed E-state index contributed by atoms with van der Waals surface area (Å²) in [6.07, 6.45) is 0.0931. The van der Waals surface area contributed by atoms with Gasteiger partial charge in [-0.1, -0.05) is 30.3 Å². The molecule has 0 atom stereocenters. The Bertz CT molecular complexity index is 545. The molecule has 1 aliphatic rings. The molecule has 1 amide bonds. The number of nitrogens with zero attached hydrogens (tertiary/aromatic N) is 1. The van der Waals surface area contributed by atoms with E-state index in [-0.39, 0.29) is 18.4 Å². The summed E-state index contributed by atoms with van der Waals surface area (Å²) >= 11 is 0. The number of cyclic esters (lactones) is 1. The van der Waals surface area contributed by atoms with Crippen molar-refractivity contribution < 1.29 is 17.9 Å². The zero-order valence-electron chi connectivity index (χ0n) is 11.1. The molecule has 0 spiro atoms. The fourth-order valence-electron chi connectivity index (χ4n) is 1.93. The van der Waals surface area contributed by atoms with Gasteiger partial charge in [0.15, 0.2) is 0 Å². The van der Waals surface area contributed by atoms with Crippen molar-refractivity contribution in [2.24, 2.45) is 0 Å². The third kappa shape index (κ3) is 4.50. The maximum Gasteiger partial charge on any atom is 0.409 e. The number of rotatable bonds is 7. The summed E-state index contributed by atoms with van der Waals surface area (Å²) in [6, 6.07) is 9.46. The molecular formula is C13H18N2O4S. The van der Waals surface area contributed by atoms with Crippen LogP contribution in [0, 0.1) is 0 Å². The highest BCUT2D eigenvalue weighted by Gasteiger charge is 2.21. The normalized spacial score (nSPS) is 15.4. The summed E-state index contributed by atoms with van der Waals surface area (Å²) in [6.45, 7) is 1.44. The molecule has 7 heteroatoms. The van der Waals surface area contributed by atoms with Crippen LogP contribution in [0.25, 0.3) is 0 Å². The van der Waals surface area contributed by atoms with Crippen LogP contribution in [0.4, 0.5) is 4.79 Å². The molecule has 1 saturated heterocycles. The first kappa shape index (κ1) is 14.8. The second-order valence-electron chi connectivity index (χ2n) is 4.55. The summed E-state index contributed by atoms with van der Waals surface area (Å²) in [5.74, 6) is 0.0431. The number of hydrogen-bond acceptors (Lipinski definition) is 4. The average molecular weight is 298 g/mol. The van der Waals surface area contributed by atoms with E-state index in [1.54, 1.807) is 0 Å². The zero-order chi connectivity index (χ0) is 14.4. The van der Waals surface area contributed by atoms with Gasteiger partial charge in [-0.15, -0.1) is 0 Å². The number of sulfonamides is 1. The standard InChI is InChI=1S/C13H18N2O4S/c16-13-15(9-10-19-13)8-7-14-20(17,18)11-6-12-4-2-1-3-5-12/h1-5,14H,6-11H2. The number of aryl methyl sites for hydroxylation is 1. The fraction of sp³-hybridized carbons (Fsp3) is 0.462. The Hall–Kier alpha value is -1.60. The minimum absolute atomic E-state index is 0.0431. The van der Waals surface area contributed by atoms with Crippen molar-refractivity contribution in [2.45, 2.75) is 6.42 Å². The van der Waals surface area contributed by atoms with Crippen molar-refractivity contribution in [2.75, 3.05) is 32.0 Å². The maximum atomic E-state index is 11.8. The van der Waals surface area contributed by atoms with Gasteiger partial charge in [-0.3, -0.25) is 0 Å². The number of amides is 1. The first-order valence-electron chi connectivity index (χ1n) is 6.50. The fourth-order valence-corrected chi connectivity index (χ4v) is 2.99. The van der Waals surface area contributed by atoms with Gasteiger partial charge >= 0.3 is 6.09 Å². The highest BCUT2D eigenvalue weighted by atomic mass is 32.2. The molecule has 110 valence electrons. The van der Waals surface area contributed by atoms with Crippen LogP contribution in [0.1, 0.15) is 5.56 Å². The first-order chi connectivity index (χ1) is 9.57. The van der Waals surface area contributed by atoms with E-state index in [0.29, 0.717) is 26.1 Å². The Kier molecular flexibility index (Phi) is 4.97. The van der Waals surface area contributed by atoms with Crippen LogP contribution in [0.2, 0.25) is 0 Å². The summed E-state index contributed by atoms with van der Waals surface area (Å²) in [4.78, 5) is 12.7. The lowest BCUT2D eigenvalue weighted by Gasteiger charge is -2.13. The number of carbonyl (C=O) groups is 1. The van der Waals surface area contributed by atoms with Crippen LogP contribution >= 0.6 is 0 Å². The van der Waals surface area contributed by atoms with Crippen LogP contribution in [0.15, 0.2) is 30.3 Å². The molecule has 1 heterocycles. The third-order valence-corrected chi connectivity index (χ3v) is 4.44. The number of carbonyl (C=O) groups excluding carboxylic acids is 1. The van der Waals surface area contributed by atoms with Crippen molar-refractivity contribution in [1.29, 1.82) is 0 Å². The highest BCUT2D eigenvalue weighted by Crippen LogP contribution is 2.03. The molecule has 2 rings (SSSR count). The highest BCUT2D eigenvalue weighted by molar-refractivity contribution is 7.89. The van der Waals surface area contributed by atoms with Gasteiger partial charge < -0.3 is 9.64 Å². The molecule has 0 radical (unpaired) electrons. The zero-order valence-corrected chi connectivity index (χ0v) is 11.9. The molecular weight excluding hydrogens is 280 g/mol. The second kappa shape index (κ2) is 6.71. The quantitative estimate of drug-likeness (QED) is 0.800. The van der Waals surface area contributed by atoms with Crippen molar-refractivity contribution in [3.05, 3.63) is 35.9 Å². The van der Waals surface area contributed by atoms with E-state index >= 15 is 0 Å². The average Bonchev–Trinajstić information content (AvgIpc) is 2.83. The number of nitrogens with one attached hydrogen (secondary N) is 1. The van der Waals surface area contributed by atoms with Crippen LogP contribution in [-0.2, 0) is 21.2 Å². The van der Waals surface area contributed by atoms with E-state index in [2.05, 4.69) is 4.72 Å². The summed E-state index contributed by atoms with van der Waals surface area (Å²) < 4.78 is 30.9. The number of ether oxygens (including phenoxy) is 1. The van der Waals surface area contributed by atoms with Gasteiger partial charge in [0.05, 0.1) is 12.3 Å². The third-order valence-electron chi connectivity index (χ3n) is 3.05. The molecule has 1 aromatic rings. The lowest BCUT2D eigenvalue weighted by Crippen LogP contribution is -2.36. The predicted molar refractivity (Wildman–Crippen MR) is 74.9 cm³/mol. The summed E-state index contributed by atoms with van der Waals surface area (Å²) in [5, 5.41) is 0. The molecule has 6 nitrogen and oxygen atoms in total. The SMILES string of the molecule is O=C1OCCN1CCNS(=O)(=O)CCc1ccccc1. The molecule has 1 aliphatic heterocycles. The molecule has 1 N–H and O–H groups in total. The summed E-state index contributed by atoms with van der Waals surface area (Å²) in [7, 11) is -3.32. The van der Waals surface area contributed by atoms with Gasteiger partial charge in [0.1, 0.15) is 6.61 Å². The Labute approximate surface area is 118 Å². The van der Waals surface area contributed by atoms with E-state index in [9.17, 15) is 13.2 Å². The maximum absolute atomic E-state index is 11.8. The van der Waals surface area contributed by atoms with Gasteiger partial charge in [-0.25, -0.2) is 17.9 Å². The molecule has 0 unspecified atom stereocenters. The van der Waals surface area contributed by atoms with Gasteiger partial charge in [0, 0.05) is 13.1 Å². The molecule has 1 fully saturated rings. The largest absolute Gasteiger partial charge is 0.448 e. The van der Waals surface area contributed by atoms with E-state index in [0.717, 1.165) is 5.56 Å². The molecule has 0 saturated carbocycles. The molecule has 1 aromatic carbocycles. The smallest absolute Gasteiger partial charge is 0.409 e. The van der Waals surface area contributed by atoms with Crippen molar-refractivity contribution in [3.63, 3.8) is 0 Å². The minimum Gasteiger partial charge on any atom is -0.448 e. The number of benzene rings is 1. The Morgan fingerprint density at radius 1 is 1.25 bits per heavy atom.